The van der Waals surface area contributed by atoms with Crippen molar-refractivity contribution in [3.63, 3.8) is 0 Å². The van der Waals surface area contributed by atoms with E-state index in [9.17, 15) is 0 Å². The summed E-state index contributed by atoms with van der Waals surface area (Å²) >= 11 is 0. The minimum atomic E-state index is 0.151. The Kier molecular flexibility index (Phi) is 3.38. The summed E-state index contributed by atoms with van der Waals surface area (Å²) in [6, 6.07) is 11.0. The van der Waals surface area contributed by atoms with Crippen molar-refractivity contribution >= 4 is 10.9 Å². The zero-order chi connectivity index (χ0) is 13.2. The quantitative estimate of drug-likeness (QED) is 0.891. The molecule has 0 spiro atoms. The fraction of sp³-hybridized carbons (Fsp3) is 0.438. The third-order valence-corrected chi connectivity index (χ3v) is 3.29. The van der Waals surface area contributed by atoms with Gasteiger partial charge in [-0.3, -0.25) is 0 Å². The number of nitrogens with one attached hydrogen (secondary N) is 1. The molecule has 0 unspecified atom stereocenters. The maximum Gasteiger partial charge on any atom is 0.214 e. The van der Waals surface area contributed by atoms with Crippen LogP contribution >= 0.6 is 0 Å². The molecule has 1 aliphatic carbocycles. The van der Waals surface area contributed by atoms with Crippen LogP contribution in [0.1, 0.15) is 32.3 Å². The summed E-state index contributed by atoms with van der Waals surface area (Å²) < 4.78 is 5.75. The van der Waals surface area contributed by atoms with Crippen molar-refractivity contribution in [3.05, 3.63) is 35.9 Å². The molecule has 100 valence electrons. The van der Waals surface area contributed by atoms with Gasteiger partial charge in [0.1, 0.15) is 0 Å². The third kappa shape index (κ3) is 3.04. The van der Waals surface area contributed by atoms with Crippen LogP contribution in [0.25, 0.3) is 10.9 Å². The first-order valence-electron chi connectivity index (χ1n) is 7.01. The number of rotatable bonds is 5. The van der Waals surface area contributed by atoms with Crippen molar-refractivity contribution in [2.45, 2.75) is 45.4 Å². The van der Waals surface area contributed by atoms with E-state index < -0.39 is 0 Å². The fourth-order valence-corrected chi connectivity index (χ4v) is 2.21. The second kappa shape index (κ2) is 5.17. The predicted octanol–water partition coefficient (Wildman–Crippen LogP) is 3.27. The van der Waals surface area contributed by atoms with Gasteiger partial charge in [-0.1, -0.05) is 18.2 Å². The molecule has 0 saturated heterocycles. The summed E-state index contributed by atoms with van der Waals surface area (Å²) in [7, 11) is 0. The van der Waals surface area contributed by atoms with E-state index in [4.69, 9.17) is 4.74 Å². The van der Waals surface area contributed by atoms with Crippen LogP contribution in [0.15, 0.2) is 30.3 Å². The summed E-state index contributed by atoms with van der Waals surface area (Å²) in [5, 5.41) is 4.78. The molecule has 0 amide bonds. The number of benzene rings is 1. The highest BCUT2D eigenvalue weighted by atomic mass is 16.5. The van der Waals surface area contributed by atoms with Gasteiger partial charge in [0.05, 0.1) is 11.6 Å². The summed E-state index contributed by atoms with van der Waals surface area (Å²) in [6.45, 7) is 4.94. The lowest BCUT2D eigenvalue weighted by molar-refractivity contribution is 0.233. The zero-order valence-corrected chi connectivity index (χ0v) is 11.5. The number of ether oxygens (including phenoxy) is 1. The maximum atomic E-state index is 5.75. The first-order chi connectivity index (χ1) is 9.22. The van der Waals surface area contributed by atoms with Gasteiger partial charge in [0.2, 0.25) is 5.88 Å². The van der Waals surface area contributed by atoms with Crippen LogP contribution in [0, 0.1) is 0 Å². The van der Waals surface area contributed by atoms with Gasteiger partial charge in [0.15, 0.2) is 0 Å². The molecule has 0 radical (unpaired) electrons. The molecule has 3 rings (SSSR count). The first kappa shape index (κ1) is 12.4. The maximum absolute atomic E-state index is 5.75. The predicted molar refractivity (Wildman–Crippen MR) is 77.4 cm³/mol. The molecule has 1 saturated carbocycles. The smallest absolute Gasteiger partial charge is 0.214 e. The Morgan fingerprint density at radius 1 is 1.32 bits per heavy atom. The van der Waals surface area contributed by atoms with E-state index in [0.717, 1.165) is 17.9 Å². The van der Waals surface area contributed by atoms with E-state index in [1.807, 2.05) is 26.0 Å². The van der Waals surface area contributed by atoms with Gasteiger partial charge in [0.25, 0.3) is 0 Å². The van der Waals surface area contributed by atoms with Crippen molar-refractivity contribution in [2.75, 3.05) is 0 Å². The molecule has 19 heavy (non-hydrogen) atoms. The minimum Gasteiger partial charge on any atom is -0.475 e. The molecule has 1 fully saturated rings. The molecule has 0 bridgehead atoms. The Hall–Kier alpha value is -1.61. The highest BCUT2D eigenvalue weighted by molar-refractivity contribution is 5.82. The van der Waals surface area contributed by atoms with Crippen molar-refractivity contribution in [1.82, 2.24) is 10.3 Å². The van der Waals surface area contributed by atoms with E-state index in [0.29, 0.717) is 6.04 Å². The van der Waals surface area contributed by atoms with Gasteiger partial charge in [-0.15, -0.1) is 0 Å². The SMILES string of the molecule is CC(C)Oc1cc(CNC2CC2)c2ccccc2n1. The lowest BCUT2D eigenvalue weighted by Crippen LogP contribution is -2.16. The Balaban J connectivity index is 1.94. The molecule has 3 nitrogen and oxygen atoms in total. The van der Waals surface area contributed by atoms with Crippen LogP contribution in [0.3, 0.4) is 0 Å². The van der Waals surface area contributed by atoms with E-state index in [1.165, 1.54) is 23.8 Å². The molecule has 1 aromatic carbocycles. The molecule has 1 aromatic heterocycles. The summed E-state index contributed by atoms with van der Waals surface area (Å²) in [6.07, 6.45) is 2.76. The molecule has 2 aromatic rings. The topological polar surface area (TPSA) is 34.1 Å². The van der Waals surface area contributed by atoms with Crippen molar-refractivity contribution in [1.29, 1.82) is 0 Å². The van der Waals surface area contributed by atoms with Crippen molar-refractivity contribution in [2.24, 2.45) is 0 Å². The van der Waals surface area contributed by atoms with Gasteiger partial charge in [-0.05, 0) is 38.3 Å². The minimum absolute atomic E-state index is 0.151. The van der Waals surface area contributed by atoms with Crippen molar-refractivity contribution < 1.29 is 4.74 Å². The average Bonchev–Trinajstić information content (AvgIpc) is 3.19. The standard InChI is InChI=1S/C16H20N2O/c1-11(2)19-16-9-12(10-17-13-7-8-13)14-5-3-4-6-15(14)18-16/h3-6,9,11,13,17H,7-8,10H2,1-2H3. The molecule has 0 atom stereocenters. The van der Waals surface area contributed by atoms with Crippen LogP contribution in [0.4, 0.5) is 0 Å². The Morgan fingerprint density at radius 2 is 2.11 bits per heavy atom. The Bertz CT molecular complexity index is 576. The summed E-state index contributed by atoms with van der Waals surface area (Å²) in [4.78, 5) is 4.57. The van der Waals surface area contributed by atoms with E-state index in [-0.39, 0.29) is 6.10 Å². The van der Waals surface area contributed by atoms with Crippen LogP contribution in [0.5, 0.6) is 5.88 Å². The van der Waals surface area contributed by atoms with Crippen LogP contribution in [-0.4, -0.2) is 17.1 Å². The highest BCUT2D eigenvalue weighted by Crippen LogP contribution is 2.24. The van der Waals surface area contributed by atoms with E-state index in [1.54, 1.807) is 0 Å². The normalized spacial score (nSPS) is 15.1. The second-order valence-electron chi connectivity index (χ2n) is 5.46. The van der Waals surface area contributed by atoms with E-state index in [2.05, 4.69) is 28.5 Å². The van der Waals surface area contributed by atoms with Crippen LogP contribution in [-0.2, 0) is 6.54 Å². The van der Waals surface area contributed by atoms with Crippen LogP contribution < -0.4 is 10.1 Å². The average molecular weight is 256 g/mol. The van der Waals surface area contributed by atoms with Gasteiger partial charge in [-0.25, -0.2) is 4.98 Å². The third-order valence-electron chi connectivity index (χ3n) is 3.29. The summed E-state index contributed by atoms with van der Waals surface area (Å²) in [5.41, 5.74) is 2.28. The summed E-state index contributed by atoms with van der Waals surface area (Å²) in [5.74, 6) is 0.723. The molecular formula is C16H20N2O. The monoisotopic (exact) mass is 256 g/mol. The number of pyridine rings is 1. The Labute approximate surface area is 114 Å². The zero-order valence-electron chi connectivity index (χ0n) is 11.5. The Morgan fingerprint density at radius 3 is 2.84 bits per heavy atom. The molecule has 0 aliphatic heterocycles. The number of aromatic nitrogens is 1. The van der Waals surface area contributed by atoms with Gasteiger partial charge >= 0.3 is 0 Å². The first-order valence-corrected chi connectivity index (χ1v) is 7.01. The van der Waals surface area contributed by atoms with Gasteiger partial charge in [0, 0.05) is 24.0 Å². The number of nitrogens with zero attached hydrogens (tertiary/aromatic N) is 1. The van der Waals surface area contributed by atoms with Gasteiger partial charge in [-0.2, -0.15) is 0 Å². The van der Waals surface area contributed by atoms with Crippen LogP contribution in [0.2, 0.25) is 0 Å². The lowest BCUT2D eigenvalue weighted by Gasteiger charge is -2.13. The van der Waals surface area contributed by atoms with Crippen molar-refractivity contribution in [3.8, 4) is 5.88 Å². The number of fused-ring (bicyclic) bond motifs is 1. The molecular weight excluding hydrogens is 236 g/mol. The molecule has 1 N–H and O–H groups in total. The lowest BCUT2D eigenvalue weighted by atomic mass is 10.1. The molecule has 1 aliphatic rings. The number of para-hydroxylation sites is 1. The number of hydrogen-bond donors (Lipinski definition) is 1. The highest BCUT2D eigenvalue weighted by Gasteiger charge is 2.20. The van der Waals surface area contributed by atoms with Gasteiger partial charge < -0.3 is 10.1 Å². The molecule has 1 heterocycles. The molecule has 3 heteroatoms. The number of hydrogen-bond acceptors (Lipinski definition) is 3. The van der Waals surface area contributed by atoms with E-state index >= 15 is 0 Å². The largest absolute Gasteiger partial charge is 0.475 e. The second-order valence-corrected chi connectivity index (χ2v) is 5.46. The fourth-order valence-electron chi connectivity index (χ4n) is 2.21.